The molecule has 0 saturated heterocycles. The van der Waals surface area contributed by atoms with Gasteiger partial charge in [-0.3, -0.25) is 9.78 Å². The Morgan fingerprint density at radius 1 is 1.08 bits per heavy atom. The summed E-state index contributed by atoms with van der Waals surface area (Å²) in [6.07, 6.45) is 7.70. The Bertz CT molecular complexity index is 895. The number of hydrogen-bond donors (Lipinski definition) is 1. The first-order valence-electron chi connectivity index (χ1n) is 8.72. The van der Waals surface area contributed by atoms with E-state index in [4.69, 9.17) is 4.74 Å². The van der Waals surface area contributed by atoms with Crippen LogP contribution in [-0.2, 0) is 11.2 Å². The molecule has 4 rings (SSSR count). The van der Waals surface area contributed by atoms with E-state index in [1.807, 2.05) is 24.3 Å². The van der Waals surface area contributed by atoms with Crippen molar-refractivity contribution in [1.82, 2.24) is 9.97 Å². The summed E-state index contributed by atoms with van der Waals surface area (Å²) in [5.74, 6) is 1.03. The first-order chi connectivity index (χ1) is 12.8. The number of aryl methyl sites for hydroxylation is 1. The minimum absolute atomic E-state index is 0.0414. The fourth-order valence-electron chi connectivity index (χ4n) is 3.32. The summed E-state index contributed by atoms with van der Waals surface area (Å²) in [7, 11) is 0. The average molecular weight is 345 g/mol. The number of carbonyl (C=O) groups is 1. The van der Waals surface area contributed by atoms with Gasteiger partial charge in [0, 0.05) is 18.1 Å². The molecule has 5 heteroatoms. The van der Waals surface area contributed by atoms with Crippen LogP contribution in [0.25, 0.3) is 0 Å². The molecule has 1 heterocycles. The number of nitrogens with one attached hydrogen (secondary N) is 1. The van der Waals surface area contributed by atoms with Gasteiger partial charge in [-0.15, -0.1) is 0 Å². The summed E-state index contributed by atoms with van der Waals surface area (Å²) in [6.45, 7) is 0. The van der Waals surface area contributed by atoms with Gasteiger partial charge >= 0.3 is 0 Å². The highest BCUT2D eigenvalue weighted by atomic mass is 16.5. The molecule has 3 aromatic rings. The minimum Gasteiger partial charge on any atom is -0.438 e. The summed E-state index contributed by atoms with van der Waals surface area (Å²) in [5, 5.41) is 3.02. The van der Waals surface area contributed by atoms with Gasteiger partial charge in [0.1, 0.15) is 5.75 Å². The topological polar surface area (TPSA) is 64.1 Å². The average Bonchev–Trinajstić information content (AvgIpc) is 2.70. The van der Waals surface area contributed by atoms with Crippen LogP contribution in [0.15, 0.2) is 67.1 Å². The summed E-state index contributed by atoms with van der Waals surface area (Å²) in [4.78, 5) is 20.8. The lowest BCUT2D eigenvalue weighted by molar-refractivity contribution is -0.117. The number of hydrogen-bond acceptors (Lipinski definition) is 4. The number of rotatable bonds is 4. The highest BCUT2D eigenvalue weighted by Gasteiger charge is 2.26. The maximum atomic E-state index is 12.7. The van der Waals surface area contributed by atoms with Gasteiger partial charge < -0.3 is 10.1 Å². The standard InChI is InChI=1S/C21H19N3O2/c25-21(19-7-3-5-15-4-1-2-6-18(15)19)24-16-8-10-17(11-9-16)26-20-14-22-12-13-23-20/h1-2,4,6,8-14,19H,3,5,7H2,(H,24,25)/t19-/m0/s1. The monoisotopic (exact) mass is 345 g/mol. The van der Waals surface area contributed by atoms with Crippen LogP contribution in [0, 0.1) is 0 Å². The molecule has 26 heavy (non-hydrogen) atoms. The van der Waals surface area contributed by atoms with Gasteiger partial charge in [-0.1, -0.05) is 24.3 Å². The molecule has 0 aliphatic heterocycles. The van der Waals surface area contributed by atoms with Crippen LogP contribution in [0.5, 0.6) is 11.6 Å². The molecule has 1 atom stereocenters. The van der Waals surface area contributed by atoms with Crippen LogP contribution in [0.1, 0.15) is 29.9 Å². The number of carbonyl (C=O) groups excluding carboxylic acids is 1. The molecular formula is C21H19N3O2. The van der Waals surface area contributed by atoms with Crippen LogP contribution < -0.4 is 10.1 Å². The lowest BCUT2D eigenvalue weighted by atomic mass is 9.82. The Balaban J connectivity index is 1.44. The normalized spacial score (nSPS) is 15.8. The van der Waals surface area contributed by atoms with Crippen molar-refractivity contribution in [2.75, 3.05) is 5.32 Å². The van der Waals surface area contributed by atoms with Gasteiger partial charge in [-0.25, -0.2) is 4.98 Å². The fraction of sp³-hybridized carbons (Fsp3) is 0.190. The van der Waals surface area contributed by atoms with Crippen molar-refractivity contribution in [3.63, 3.8) is 0 Å². The number of nitrogens with zero attached hydrogens (tertiary/aromatic N) is 2. The highest BCUT2D eigenvalue weighted by molar-refractivity contribution is 5.96. The molecule has 0 saturated carbocycles. The van der Waals surface area contributed by atoms with E-state index in [2.05, 4.69) is 27.4 Å². The van der Waals surface area contributed by atoms with Crippen molar-refractivity contribution in [3.05, 3.63) is 78.2 Å². The van der Waals surface area contributed by atoms with E-state index in [-0.39, 0.29) is 11.8 Å². The summed E-state index contributed by atoms with van der Waals surface area (Å²) in [6, 6.07) is 15.5. The molecule has 0 unspecified atom stereocenters. The summed E-state index contributed by atoms with van der Waals surface area (Å²) in [5.41, 5.74) is 3.19. The first-order valence-corrected chi connectivity index (χ1v) is 8.72. The van der Waals surface area contributed by atoms with Crippen LogP contribution >= 0.6 is 0 Å². The maximum Gasteiger partial charge on any atom is 0.237 e. The van der Waals surface area contributed by atoms with Crippen molar-refractivity contribution < 1.29 is 9.53 Å². The zero-order valence-electron chi connectivity index (χ0n) is 14.3. The second-order valence-electron chi connectivity index (χ2n) is 6.30. The molecule has 0 bridgehead atoms. The zero-order chi connectivity index (χ0) is 17.8. The zero-order valence-corrected chi connectivity index (χ0v) is 14.3. The lowest BCUT2D eigenvalue weighted by Crippen LogP contribution is -2.24. The second kappa shape index (κ2) is 7.35. The highest BCUT2D eigenvalue weighted by Crippen LogP contribution is 2.32. The Morgan fingerprint density at radius 3 is 2.73 bits per heavy atom. The predicted octanol–water partition coefficient (Wildman–Crippen LogP) is 4.33. The van der Waals surface area contributed by atoms with Gasteiger partial charge in [0.2, 0.25) is 11.8 Å². The summed E-state index contributed by atoms with van der Waals surface area (Å²) >= 11 is 0. The van der Waals surface area contributed by atoms with E-state index in [1.165, 1.54) is 5.56 Å². The van der Waals surface area contributed by atoms with Crippen LogP contribution in [0.4, 0.5) is 5.69 Å². The van der Waals surface area contributed by atoms with Crippen molar-refractivity contribution in [2.45, 2.75) is 25.2 Å². The van der Waals surface area contributed by atoms with Crippen LogP contribution in [0.2, 0.25) is 0 Å². The first kappa shape index (κ1) is 16.3. The Morgan fingerprint density at radius 2 is 1.92 bits per heavy atom. The molecule has 1 N–H and O–H groups in total. The Hall–Kier alpha value is -3.21. The number of fused-ring (bicyclic) bond motifs is 1. The third-order valence-corrected chi connectivity index (χ3v) is 4.57. The van der Waals surface area contributed by atoms with E-state index in [0.717, 1.165) is 30.5 Å². The van der Waals surface area contributed by atoms with Crippen molar-refractivity contribution in [2.24, 2.45) is 0 Å². The lowest BCUT2D eigenvalue weighted by Gasteiger charge is -2.24. The smallest absolute Gasteiger partial charge is 0.237 e. The SMILES string of the molecule is O=C(Nc1ccc(Oc2cnccn2)cc1)[C@H]1CCCc2ccccc21. The van der Waals surface area contributed by atoms with E-state index in [9.17, 15) is 4.79 Å². The van der Waals surface area contributed by atoms with E-state index >= 15 is 0 Å². The predicted molar refractivity (Wildman–Crippen MR) is 99.3 cm³/mol. The third-order valence-electron chi connectivity index (χ3n) is 4.57. The van der Waals surface area contributed by atoms with Crippen molar-refractivity contribution in [3.8, 4) is 11.6 Å². The van der Waals surface area contributed by atoms with E-state index in [1.54, 1.807) is 30.7 Å². The van der Waals surface area contributed by atoms with Gasteiger partial charge in [-0.2, -0.15) is 0 Å². The number of anilines is 1. The van der Waals surface area contributed by atoms with Crippen LogP contribution in [-0.4, -0.2) is 15.9 Å². The molecule has 1 aromatic heterocycles. The minimum atomic E-state index is -0.0875. The molecule has 1 aliphatic rings. The van der Waals surface area contributed by atoms with E-state index in [0.29, 0.717) is 11.6 Å². The maximum absolute atomic E-state index is 12.7. The molecule has 2 aromatic carbocycles. The quantitative estimate of drug-likeness (QED) is 0.764. The number of amides is 1. The molecule has 5 nitrogen and oxygen atoms in total. The molecule has 0 fully saturated rings. The molecule has 130 valence electrons. The molecule has 1 amide bonds. The fourth-order valence-corrected chi connectivity index (χ4v) is 3.32. The van der Waals surface area contributed by atoms with Crippen LogP contribution in [0.3, 0.4) is 0 Å². The van der Waals surface area contributed by atoms with Gasteiger partial charge in [0.25, 0.3) is 0 Å². The number of benzene rings is 2. The molecule has 0 spiro atoms. The Kier molecular flexibility index (Phi) is 4.60. The van der Waals surface area contributed by atoms with Crippen molar-refractivity contribution >= 4 is 11.6 Å². The number of ether oxygens (including phenoxy) is 1. The summed E-state index contributed by atoms with van der Waals surface area (Å²) < 4.78 is 5.61. The third kappa shape index (κ3) is 3.57. The molecule has 1 aliphatic carbocycles. The second-order valence-corrected chi connectivity index (χ2v) is 6.30. The largest absolute Gasteiger partial charge is 0.438 e. The molecule has 0 radical (unpaired) electrons. The van der Waals surface area contributed by atoms with E-state index < -0.39 is 0 Å². The van der Waals surface area contributed by atoms with Gasteiger partial charge in [-0.05, 0) is 54.7 Å². The van der Waals surface area contributed by atoms with Gasteiger partial charge in [0.05, 0.1) is 12.1 Å². The Labute approximate surface area is 152 Å². The van der Waals surface area contributed by atoms with Gasteiger partial charge in [0.15, 0.2) is 0 Å². The number of aromatic nitrogens is 2. The molecular weight excluding hydrogens is 326 g/mol. The van der Waals surface area contributed by atoms with Crippen molar-refractivity contribution in [1.29, 1.82) is 0 Å².